The average Bonchev–Trinajstić information content (AvgIpc) is 3.67. The van der Waals surface area contributed by atoms with Crippen LogP contribution in [0.5, 0.6) is 11.6 Å². The van der Waals surface area contributed by atoms with Crippen LogP contribution in [-0.4, -0.2) is 39.0 Å². The summed E-state index contributed by atoms with van der Waals surface area (Å²) in [6.45, 7) is 1.02. The van der Waals surface area contributed by atoms with Gasteiger partial charge in [-0.15, -0.1) is 0 Å². The van der Waals surface area contributed by atoms with Crippen molar-refractivity contribution < 1.29 is 13.9 Å². The summed E-state index contributed by atoms with van der Waals surface area (Å²) in [6.07, 6.45) is 9.19. The van der Waals surface area contributed by atoms with E-state index < -0.39 is 5.82 Å². The number of anilines is 1. The minimum absolute atomic E-state index is 0.381. The molecule has 0 amide bonds. The fourth-order valence-electron chi connectivity index (χ4n) is 4.47. The SMILES string of the molecule is COc1cccnc1-c1ccc(N)cc1F.COc1ncnc(C2CC2)c1-c1cc2n(n1)CCCC2. The zero-order valence-corrected chi connectivity index (χ0v) is 20.4. The molecule has 1 aliphatic carbocycles. The van der Waals surface area contributed by atoms with Crippen molar-refractivity contribution in [2.75, 3.05) is 20.0 Å². The van der Waals surface area contributed by atoms with E-state index in [4.69, 9.17) is 20.3 Å². The van der Waals surface area contributed by atoms with Gasteiger partial charge in [-0.25, -0.2) is 14.4 Å². The van der Waals surface area contributed by atoms with Gasteiger partial charge in [0, 0.05) is 35.6 Å². The Kier molecular flexibility index (Phi) is 6.79. The highest BCUT2D eigenvalue weighted by atomic mass is 19.1. The van der Waals surface area contributed by atoms with Gasteiger partial charge in [0.2, 0.25) is 5.88 Å². The number of nitrogens with zero attached hydrogens (tertiary/aromatic N) is 5. The number of hydrogen-bond donors (Lipinski definition) is 1. The molecule has 1 aliphatic heterocycles. The first-order valence-corrected chi connectivity index (χ1v) is 12.1. The molecule has 0 radical (unpaired) electrons. The van der Waals surface area contributed by atoms with E-state index in [0.29, 0.717) is 34.5 Å². The summed E-state index contributed by atoms with van der Waals surface area (Å²) in [5, 5.41) is 4.76. The van der Waals surface area contributed by atoms with Crippen LogP contribution in [0.4, 0.5) is 10.1 Å². The maximum atomic E-state index is 13.7. The number of hydrogen-bond acceptors (Lipinski definition) is 7. The molecule has 0 saturated heterocycles. The van der Waals surface area contributed by atoms with Crippen LogP contribution < -0.4 is 15.2 Å². The third kappa shape index (κ3) is 4.86. The zero-order chi connectivity index (χ0) is 25.1. The molecule has 1 saturated carbocycles. The van der Waals surface area contributed by atoms with E-state index in [1.807, 2.05) is 0 Å². The maximum absolute atomic E-state index is 13.7. The maximum Gasteiger partial charge on any atom is 0.226 e. The van der Waals surface area contributed by atoms with Crippen LogP contribution in [0.1, 0.15) is 43.0 Å². The Balaban J connectivity index is 0.000000152. The second-order valence-electron chi connectivity index (χ2n) is 8.91. The first kappa shape index (κ1) is 23.7. The smallest absolute Gasteiger partial charge is 0.226 e. The summed E-state index contributed by atoms with van der Waals surface area (Å²) in [5.74, 6) is 1.33. The number of aryl methyl sites for hydroxylation is 2. The number of benzene rings is 1. The first-order valence-electron chi connectivity index (χ1n) is 12.1. The highest BCUT2D eigenvalue weighted by molar-refractivity contribution is 5.69. The van der Waals surface area contributed by atoms with Gasteiger partial charge >= 0.3 is 0 Å². The quantitative estimate of drug-likeness (QED) is 0.393. The fraction of sp³-hybridized carbons (Fsp3) is 0.333. The Bertz CT molecular complexity index is 1340. The Morgan fingerprint density at radius 2 is 1.89 bits per heavy atom. The lowest BCUT2D eigenvalue weighted by Gasteiger charge is -2.12. The van der Waals surface area contributed by atoms with Gasteiger partial charge in [0.15, 0.2) is 0 Å². The molecular weight excluding hydrogens is 459 g/mol. The number of nitrogens with two attached hydrogens (primary N) is 1. The fourth-order valence-corrected chi connectivity index (χ4v) is 4.47. The van der Waals surface area contributed by atoms with Gasteiger partial charge in [-0.3, -0.25) is 9.67 Å². The van der Waals surface area contributed by atoms with Crippen molar-refractivity contribution >= 4 is 5.69 Å². The molecule has 4 aromatic rings. The van der Waals surface area contributed by atoms with E-state index >= 15 is 0 Å². The van der Waals surface area contributed by atoms with Crippen LogP contribution in [0.15, 0.2) is 48.9 Å². The summed E-state index contributed by atoms with van der Waals surface area (Å²) < 4.78 is 26.4. The molecule has 0 spiro atoms. The van der Waals surface area contributed by atoms with Crippen molar-refractivity contribution in [3.63, 3.8) is 0 Å². The predicted octanol–water partition coefficient (Wildman–Crippen LogP) is 5.04. The third-order valence-electron chi connectivity index (χ3n) is 6.41. The molecule has 1 aromatic carbocycles. The molecule has 1 fully saturated rings. The minimum atomic E-state index is -0.406. The first-order chi connectivity index (χ1) is 17.6. The molecular formula is C27H29FN6O2. The minimum Gasteiger partial charge on any atom is -0.494 e. The lowest BCUT2D eigenvalue weighted by atomic mass is 10.1. The molecule has 2 N–H and O–H groups in total. The Morgan fingerprint density at radius 3 is 2.61 bits per heavy atom. The third-order valence-corrected chi connectivity index (χ3v) is 6.41. The number of aromatic nitrogens is 5. The van der Waals surface area contributed by atoms with E-state index in [1.165, 1.54) is 44.6 Å². The van der Waals surface area contributed by atoms with Crippen molar-refractivity contribution in [3.05, 3.63) is 66.1 Å². The molecule has 6 rings (SSSR count). The Labute approximate surface area is 209 Å². The summed E-state index contributed by atoms with van der Waals surface area (Å²) >= 11 is 0. The molecule has 0 unspecified atom stereocenters. The molecule has 8 nitrogen and oxygen atoms in total. The van der Waals surface area contributed by atoms with E-state index in [1.54, 1.807) is 43.9 Å². The van der Waals surface area contributed by atoms with Gasteiger partial charge in [0.1, 0.15) is 23.6 Å². The Hall–Kier alpha value is -4.01. The topological polar surface area (TPSA) is 101 Å². The second-order valence-corrected chi connectivity index (χ2v) is 8.91. The number of rotatable bonds is 5. The van der Waals surface area contributed by atoms with Crippen molar-refractivity contribution in [2.45, 2.75) is 44.6 Å². The molecule has 36 heavy (non-hydrogen) atoms. The predicted molar refractivity (Wildman–Crippen MR) is 135 cm³/mol. The summed E-state index contributed by atoms with van der Waals surface area (Å²) in [5.41, 5.74) is 11.1. The van der Waals surface area contributed by atoms with Crippen molar-refractivity contribution in [1.29, 1.82) is 0 Å². The van der Waals surface area contributed by atoms with Crippen LogP contribution in [-0.2, 0) is 13.0 Å². The van der Waals surface area contributed by atoms with Gasteiger partial charge in [-0.2, -0.15) is 5.10 Å². The van der Waals surface area contributed by atoms with Crippen molar-refractivity contribution in [2.24, 2.45) is 0 Å². The lowest BCUT2D eigenvalue weighted by molar-refractivity contribution is 0.397. The number of pyridine rings is 1. The molecule has 3 aromatic heterocycles. The molecule has 4 heterocycles. The molecule has 2 aliphatic rings. The molecule has 0 bridgehead atoms. The lowest BCUT2D eigenvalue weighted by Crippen LogP contribution is -2.10. The summed E-state index contributed by atoms with van der Waals surface area (Å²) in [4.78, 5) is 12.9. The van der Waals surface area contributed by atoms with Gasteiger partial charge in [0.25, 0.3) is 0 Å². The van der Waals surface area contributed by atoms with E-state index in [0.717, 1.165) is 29.9 Å². The van der Waals surface area contributed by atoms with Crippen LogP contribution in [0, 0.1) is 5.82 Å². The summed E-state index contributed by atoms with van der Waals surface area (Å²) in [7, 11) is 3.19. The Morgan fingerprint density at radius 1 is 1.03 bits per heavy atom. The number of nitrogen functional groups attached to an aromatic ring is 1. The highest BCUT2D eigenvalue weighted by Gasteiger charge is 2.31. The average molecular weight is 489 g/mol. The van der Waals surface area contributed by atoms with Crippen LogP contribution >= 0.6 is 0 Å². The van der Waals surface area contributed by atoms with Crippen LogP contribution in [0.25, 0.3) is 22.5 Å². The van der Waals surface area contributed by atoms with E-state index in [9.17, 15) is 4.39 Å². The van der Waals surface area contributed by atoms with Gasteiger partial charge in [-0.05, 0) is 68.5 Å². The van der Waals surface area contributed by atoms with Crippen LogP contribution in [0.3, 0.4) is 0 Å². The number of fused-ring (bicyclic) bond motifs is 1. The number of methoxy groups -OCH3 is 2. The zero-order valence-electron chi connectivity index (χ0n) is 20.4. The van der Waals surface area contributed by atoms with Gasteiger partial charge < -0.3 is 15.2 Å². The van der Waals surface area contributed by atoms with E-state index in [2.05, 4.69) is 25.7 Å². The molecule has 0 atom stereocenters. The standard InChI is InChI=1S/C15H18N4O.C12H11FN2O/c1-20-15-13(14(10-5-6-10)16-9-17-15)12-8-11-4-2-3-7-19(11)18-12;1-16-11-3-2-6-15-12(11)9-5-4-8(14)7-10(9)13/h8-10H,2-7H2,1H3;2-7H,14H2,1H3. The molecule has 186 valence electrons. The van der Waals surface area contributed by atoms with Gasteiger partial charge in [-0.1, -0.05) is 0 Å². The highest BCUT2D eigenvalue weighted by Crippen LogP contribution is 2.45. The normalized spacial score (nSPS) is 14.4. The van der Waals surface area contributed by atoms with Crippen molar-refractivity contribution in [1.82, 2.24) is 24.7 Å². The second kappa shape index (κ2) is 10.3. The van der Waals surface area contributed by atoms with E-state index in [-0.39, 0.29) is 0 Å². The largest absolute Gasteiger partial charge is 0.494 e. The number of ether oxygens (including phenoxy) is 2. The monoisotopic (exact) mass is 488 g/mol. The van der Waals surface area contributed by atoms with Crippen molar-refractivity contribution in [3.8, 4) is 34.1 Å². The summed E-state index contributed by atoms with van der Waals surface area (Å²) in [6, 6.07) is 10.1. The van der Waals surface area contributed by atoms with Crippen LogP contribution in [0.2, 0.25) is 0 Å². The van der Waals surface area contributed by atoms with Gasteiger partial charge in [0.05, 0.1) is 31.2 Å². The molecule has 9 heteroatoms. The number of halogens is 1.